The molecule has 1 N–H and O–H groups in total. The molecular formula is C14H18O. The second-order valence-corrected chi connectivity index (χ2v) is 4.32. The maximum atomic E-state index is 10.3. The van der Waals surface area contributed by atoms with Gasteiger partial charge in [-0.2, -0.15) is 0 Å². The Balaban J connectivity index is 2.29. The van der Waals surface area contributed by atoms with Gasteiger partial charge in [0.25, 0.3) is 0 Å². The minimum atomic E-state index is -0.304. The lowest BCUT2D eigenvalue weighted by Crippen LogP contribution is -2.10. The van der Waals surface area contributed by atoms with Crippen LogP contribution >= 0.6 is 0 Å². The molecule has 2 rings (SSSR count). The number of hydrogen-bond donors (Lipinski definition) is 1. The van der Waals surface area contributed by atoms with E-state index in [4.69, 9.17) is 0 Å². The second kappa shape index (κ2) is 4.63. The summed E-state index contributed by atoms with van der Waals surface area (Å²) in [6.45, 7) is 3.76. The number of fused-ring (bicyclic) bond motifs is 1. The third kappa shape index (κ3) is 2.13. The Kier molecular flexibility index (Phi) is 3.22. The number of hydrogen-bond acceptors (Lipinski definition) is 1. The van der Waals surface area contributed by atoms with Gasteiger partial charge in [0.05, 0.1) is 6.10 Å². The summed E-state index contributed by atoms with van der Waals surface area (Å²) >= 11 is 0. The predicted molar refractivity (Wildman–Crippen MR) is 62.6 cm³/mol. The smallest absolute Gasteiger partial charge is 0.0823 e. The maximum Gasteiger partial charge on any atom is 0.0823 e. The highest BCUT2D eigenvalue weighted by Crippen LogP contribution is 2.34. The molecule has 1 aromatic carbocycles. The molecule has 0 saturated carbocycles. The van der Waals surface area contributed by atoms with E-state index < -0.39 is 0 Å². The Morgan fingerprint density at radius 2 is 2.20 bits per heavy atom. The summed E-state index contributed by atoms with van der Waals surface area (Å²) in [5.74, 6) is 0.353. The first kappa shape index (κ1) is 10.4. The summed E-state index contributed by atoms with van der Waals surface area (Å²) in [6.07, 6.45) is 5.90. The van der Waals surface area contributed by atoms with Crippen LogP contribution in [0.15, 0.2) is 36.9 Å². The van der Waals surface area contributed by atoms with Gasteiger partial charge in [-0.25, -0.2) is 0 Å². The molecule has 2 unspecified atom stereocenters. The average Bonchev–Trinajstić information content (AvgIpc) is 2.41. The summed E-state index contributed by atoms with van der Waals surface area (Å²) < 4.78 is 0. The number of rotatable bonds is 2. The lowest BCUT2D eigenvalue weighted by atomic mass is 9.91. The molecule has 1 aromatic rings. The molecular weight excluding hydrogens is 184 g/mol. The Hall–Kier alpha value is -1.08. The quantitative estimate of drug-likeness (QED) is 0.576. The molecule has 1 aliphatic rings. The number of aryl methyl sites for hydroxylation is 1. The van der Waals surface area contributed by atoms with Crippen LogP contribution in [0.3, 0.4) is 0 Å². The summed E-state index contributed by atoms with van der Waals surface area (Å²) in [5.41, 5.74) is 2.44. The summed E-state index contributed by atoms with van der Waals surface area (Å²) in [6, 6.07) is 8.26. The van der Waals surface area contributed by atoms with Crippen LogP contribution in [0.4, 0.5) is 0 Å². The van der Waals surface area contributed by atoms with E-state index in [1.54, 1.807) is 0 Å². The van der Waals surface area contributed by atoms with E-state index in [1.165, 1.54) is 12.0 Å². The van der Waals surface area contributed by atoms with Gasteiger partial charge >= 0.3 is 0 Å². The Labute approximate surface area is 91.4 Å². The van der Waals surface area contributed by atoms with Crippen molar-refractivity contribution in [3.63, 3.8) is 0 Å². The molecule has 80 valence electrons. The van der Waals surface area contributed by atoms with Gasteiger partial charge in [0.2, 0.25) is 0 Å². The normalized spacial score (nSPS) is 25.4. The fraction of sp³-hybridized carbons (Fsp3) is 0.429. The molecule has 15 heavy (non-hydrogen) atoms. The third-order valence-electron chi connectivity index (χ3n) is 3.31. The minimum absolute atomic E-state index is 0.304. The highest BCUT2D eigenvalue weighted by molar-refractivity contribution is 5.30. The first-order valence-corrected chi connectivity index (χ1v) is 5.69. The van der Waals surface area contributed by atoms with Gasteiger partial charge < -0.3 is 5.11 Å². The van der Waals surface area contributed by atoms with Crippen molar-refractivity contribution in [2.45, 2.75) is 31.8 Å². The number of allylic oxidation sites excluding steroid dienone is 1. The highest BCUT2D eigenvalue weighted by Gasteiger charge is 2.24. The fourth-order valence-corrected chi connectivity index (χ4v) is 2.48. The molecule has 1 aliphatic carbocycles. The molecule has 0 spiro atoms. The summed E-state index contributed by atoms with van der Waals surface area (Å²) in [4.78, 5) is 0. The van der Waals surface area contributed by atoms with Gasteiger partial charge in [-0.15, -0.1) is 6.58 Å². The van der Waals surface area contributed by atoms with Gasteiger partial charge in [-0.1, -0.05) is 30.3 Å². The van der Waals surface area contributed by atoms with E-state index in [0.29, 0.717) is 5.92 Å². The summed E-state index contributed by atoms with van der Waals surface area (Å²) in [5, 5.41) is 10.3. The van der Waals surface area contributed by atoms with Crippen LogP contribution in [-0.4, -0.2) is 5.11 Å². The Morgan fingerprint density at radius 3 is 3.00 bits per heavy atom. The average molecular weight is 202 g/mol. The molecule has 0 radical (unpaired) electrons. The van der Waals surface area contributed by atoms with Crippen LogP contribution in [0.25, 0.3) is 0 Å². The standard InChI is InChI=1S/C14H18O/c1-2-6-12-9-5-8-11-7-3-4-10-13(11)14(12)15/h2-4,7,10,12,14-15H,1,5-6,8-9H2. The molecule has 0 heterocycles. The number of aliphatic hydroxyl groups excluding tert-OH is 1. The monoisotopic (exact) mass is 202 g/mol. The van der Waals surface area contributed by atoms with Crippen LogP contribution < -0.4 is 0 Å². The molecule has 0 amide bonds. The van der Waals surface area contributed by atoms with Crippen LogP contribution in [0.2, 0.25) is 0 Å². The zero-order valence-electron chi connectivity index (χ0n) is 9.02. The Bertz CT molecular complexity index is 343. The van der Waals surface area contributed by atoms with Crippen molar-refractivity contribution in [2.24, 2.45) is 5.92 Å². The predicted octanol–water partition coefficient (Wildman–Crippen LogP) is 3.25. The van der Waals surface area contributed by atoms with Gasteiger partial charge in [0.15, 0.2) is 0 Å². The van der Waals surface area contributed by atoms with Crippen molar-refractivity contribution in [1.82, 2.24) is 0 Å². The van der Waals surface area contributed by atoms with E-state index in [9.17, 15) is 5.11 Å². The van der Waals surface area contributed by atoms with Crippen LogP contribution in [0.1, 0.15) is 36.5 Å². The van der Waals surface area contributed by atoms with Crippen LogP contribution in [0.5, 0.6) is 0 Å². The van der Waals surface area contributed by atoms with Crippen molar-refractivity contribution < 1.29 is 5.11 Å². The van der Waals surface area contributed by atoms with E-state index in [2.05, 4.69) is 24.8 Å². The van der Waals surface area contributed by atoms with Crippen LogP contribution in [0, 0.1) is 5.92 Å². The second-order valence-electron chi connectivity index (χ2n) is 4.32. The van der Waals surface area contributed by atoms with Crippen molar-refractivity contribution in [3.05, 3.63) is 48.0 Å². The lowest BCUT2D eigenvalue weighted by molar-refractivity contribution is 0.106. The molecule has 0 saturated heterocycles. The topological polar surface area (TPSA) is 20.2 Å². The molecule has 0 bridgehead atoms. The van der Waals surface area contributed by atoms with Gasteiger partial charge in [0.1, 0.15) is 0 Å². The van der Waals surface area contributed by atoms with Crippen molar-refractivity contribution in [1.29, 1.82) is 0 Å². The molecule has 2 atom stereocenters. The van der Waals surface area contributed by atoms with E-state index in [-0.39, 0.29) is 6.10 Å². The minimum Gasteiger partial charge on any atom is -0.388 e. The van der Waals surface area contributed by atoms with Gasteiger partial charge in [-0.05, 0) is 42.7 Å². The number of benzene rings is 1. The molecule has 1 heteroatoms. The van der Waals surface area contributed by atoms with Gasteiger partial charge in [0, 0.05) is 0 Å². The molecule has 1 nitrogen and oxygen atoms in total. The molecule has 0 aromatic heterocycles. The van der Waals surface area contributed by atoms with Crippen molar-refractivity contribution in [2.75, 3.05) is 0 Å². The Morgan fingerprint density at radius 1 is 1.40 bits per heavy atom. The third-order valence-corrected chi connectivity index (χ3v) is 3.31. The highest BCUT2D eigenvalue weighted by atomic mass is 16.3. The SMILES string of the molecule is C=CCC1CCCc2ccccc2C1O. The van der Waals surface area contributed by atoms with E-state index in [1.807, 2.05) is 12.1 Å². The van der Waals surface area contributed by atoms with E-state index >= 15 is 0 Å². The summed E-state index contributed by atoms with van der Waals surface area (Å²) in [7, 11) is 0. The van der Waals surface area contributed by atoms with Crippen molar-refractivity contribution >= 4 is 0 Å². The largest absolute Gasteiger partial charge is 0.388 e. The first-order chi connectivity index (χ1) is 7.33. The van der Waals surface area contributed by atoms with Gasteiger partial charge in [-0.3, -0.25) is 0 Å². The number of aliphatic hydroxyl groups is 1. The van der Waals surface area contributed by atoms with E-state index in [0.717, 1.165) is 24.8 Å². The maximum absolute atomic E-state index is 10.3. The fourth-order valence-electron chi connectivity index (χ4n) is 2.48. The molecule has 0 aliphatic heterocycles. The zero-order chi connectivity index (χ0) is 10.7. The molecule has 0 fully saturated rings. The van der Waals surface area contributed by atoms with Crippen molar-refractivity contribution in [3.8, 4) is 0 Å². The first-order valence-electron chi connectivity index (χ1n) is 5.69. The zero-order valence-corrected chi connectivity index (χ0v) is 9.02. The lowest BCUT2D eigenvalue weighted by Gasteiger charge is -2.20. The van der Waals surface area contributed by atoms with Crippen LogP contribution in [-0.2, 0) is 6.42 Å².